The molecule has 1 amide bonds. The van der Waals surface area contributed by atoms with Gasteiger partial charge in [0.25, 0.3) is 5.56 Å². The van der Waals surface area contributed by atoms with Crippen molar-refractivity contribution in [2.75, 3.05) is 23.7 Å². The number of amides is 1. The number of aromatic nitrogens is 2. The van der Waals surface area contributed by atoms with Crippen LogP contribution in [0.1, 0.15) is 65.3 Å². The van der Waals surface area contributed by atoms with Crippen molar-refractivity contribution in [3.8, 4) is 0 Å². The van der Waals surface area contributed by atoms with E-state index in [1.807, 2.05) is 32.2 Å². The van der Waals surface area contributed by atoms with Crippen LogP contribution in [0.3, 0.4) is 0 Å². The molecular formula is C23H37N5O3S. The van der Waals surface area contributed by atoms with E-state index in [4.69, 9.17) is 5.73 Å². The van der Waals surface area contributed by atoms with Gasteiger partial charge in [-0.1, -0.05) is 54.0 Å². The Bertz CT molecular complexity index is 1000. The van der Waals surface area contributed by atoms with Crippen molar-refractivity contribution in [3.63, 3.8) is 0 Å². The molecule has 0 saturated heterocycles. The summed E-state index contributed by atoms with van der Waals surface area (Å²) >= 11 is 1.64. The van der Waals surface area contributed by atoms with Gasteiger partial charge in [0.1, 0.15) is 5.82 Å². The van der Waals surface area contributed by atoms with Crippen molar-refractivity contribution in [1.82, 2.24) is 14.9 Å². The van der Waals surface area contributed by atoms with Crippen molar-refractivity contribution in [2.45, 2.75) is 67.0 Å². The number of nitrogen functional groups attached to an aromatic ring is 1. The predicted molar refractivity (Wildman–Crippen MR) is 132 cm³/mol. The van der Waals surface area contributed by atoms with Crippen LogP contribution in [0.25, 0.3) is 0 Å². The lowest BCUT2D eigenvalue weighted by atomic mass is 9.86. The summed E-state index contributed by atoms with van der Waals surface area (Å²) in [6, 6.07) is 4.02. The van der Waals surface area contributed by atoms with Crippen LogP contribution in [0, 0.1) is 11.3 Å². The molecule has 2 rings (SSSR count). The van der Waals surface area contributed by atoms with Crippen LogP contribution in [0.15, 0.2) is 27.1 Å². The van der Waals surface area contributed by atoms with Crippen molar-refractivity contribution < 1.29 is 4.79 Å². The summed E-state index contributed by atoms with van der Waals surface area (Å²) in [5.74, 6) is -0.0766. The van der Waals surface area contributed by atoms with Crippen molar-refractivity contribution in [3.05, 3.63) is 43.2 Å². The second-order valence-corrected chi connectivity index (χ2v) is 10.6. The molecule has 1 unspecified atom stereocenters. The molecular weight excluding hydrogens is 426 g/mol. The summed E-state index contributed by atoms with van der Waals surface area (Å²) in [4.78, 5) is 43.3. The highest BCUT2D eigenvalue weighted by Crippen LogP contribution is 2.35. The molecule has 1 atom stereocenters. The number of nitrogens with two attached hydrogens (primary N) is 1. The van der Waals surface area contributed by atoms with Crippen LogP contribution < -0.4 is 27.2 Å². The van der Waals surface area contributed by atoms with Gasteiger partial charge in [-0.05, 0) is 29.2 Å². The Labute approximate surface area is 193 Å². The first-order valence-electron chi connectivity index (χ1n) is 11.2. The smallest absolute Gasteiger partial charge is 0.330 e. The molecule has 0 aliphatic heterocycles. The third-order valence-corrected chi connectivity index (χ3v) is 6.16. The number of rotatable bonds is 10. The van der Waals surface area contributed by atoms with Crippen molar-refractivity contribution >= 4 is 28.7 Å². The first-order chi connectivity index (χ1) is 15.0. The molecule has 0 aliphatic rings. The first kappa shape index (κ1) is 25.9. The van der Waals surface area contributed by atoms with E-state index >= 15 is 0 Å². The number of anilines is 2. The Kier molecular flexibility index (Phi) is 8.86. The van der Waals surface area contributed by atoms with Crippen molar-refractivity contribution in [2.24, 2.45) is 11.3 Å². The molecule has 2 heterocycles. The van der Waals surface area contributed by atoms with Gasteiger partial charge in [-0.15, -0.1) is 11.3 Å². The van der Waals surface area contributed by atoms with Gasteiger partial charge in [0, 0.05) is 24.0 Å². The molecule has 0 saturated carbocycles. The molecule has 0 bridgehead atoms. The highest BCUT2D eigenvalue weighted by atomic mass is 32.1. The Morgan fingerprint density at radius 1 is 1.31 bits per heavy atom. The van der Waals surface area contributed by atoms with Gasteiger partial charge in [-0.2, -0.15) is 0 Å². The van der Waals surface area contributed by atoms with Gasteiger partial charge in [-0.25, -0.2) is 4.79 Å². The van der Waals surface area contributed by atoms with Crippen LogP contribution in [-0.2, 0) is 11.3 Å². The lowest BCUT2D eigenvalue weighted by Gasteiger charge is -2.32. The topological polar surface area (TPSA) is 113 Å². The Hall–Kier alpha value is -2.39. The van der Waals surface area contributed by atoms with E-state index in [9.17, 15) is 14.4 Å². The summed E-state index contributed by atoms with van der Waals surface area (Å²) in [6.07, 6.45) is 1.56. The number of aromatic amines is 1. The number of hydrogen-bond acceptors (Lipinski definition) is 6. The number of carbonyl (C=O) groups excluding carboxylic acids is 1. The maximum absolute atomic E-state index is 13.3. The molecule has 0 aromatic carbocycles. The van der Waals surface area contributed by atoms with E-state index < -0.39 is 11.2 Å². The van der Waals surface area contributed by atoms with E-state index in [2.05, 4.69) is 37.1 Å². The number of unbranched alkanes of at least 4 members (excludes halogenated alkanes) is 1. The van der Waals surface area contributed by atoms with Gasteiger partial charge in [-0.3, -0.25) is 19.1 Å². The van der Waals surface area contributed by atoms with Crippen LogP contribution in [-0.4, -0.2) is 28.5 Å². The third-order valence-electron chi connectivity index (χ3n) is 5.22. The number of carbonyl (C=O) groups is 1. The number of nitrogens with zero attached hydrogens (tertiary/aromatic N) is 2. The average Bonchev–Trinajstić information content (AvgIpc) is 3.20. The Morgan fingerprint density at radius 2 is 2.00 bits per heavy atom. The van der Waals surface area contributed by atoms with E-state index in [-0.39, 0.29) is 41.3 Å². The van der Waals surface area contributed by atoms with Crippen LogP contribution >= 0.6 is 11.3 Å². The monoisotopic (exact) mass is 463 g/mol. The molecule has 0 fully saturated rings. The summed E-state index contributed by atoms with van der Waals surface area (Å²) in [6.45, 7) is 13.0. The second kappa shape index (κ2) is 11.0. The fourth-order valence-corrected chi connectivity index (χ4v) is 4.68. The minimum Gasteiger partial charge on any atom is -0.383 e. The molecule has 2 aromatic heterocycles. The largest absolute Gasteiger partial charge is 0.383 e. The second-order valence-electron chi connectivity index (χ2n) is 9.59. The van der Waals surface area contributed by atoms with Crippen molar-refractivity contribution in [1.29, 1.82) is 0 Å². The molecule has 32 heavy (non-hydrogen) atoms. The highest BCUT2D eigenvalue weighted by molar-refractivity contribution is 7.10. The normalized spacial score (nSPS) is 12.8. The van der Waals surface area contributed by atoms with E-state index in [0.29, 0.717) is 19.5 Å². The van der Waals surface area contributed by atoms with Crippen LogP contribution in [0.4, 0.5) is 11.5 Å². The van der Waals surface area contributed by atoms with E-state index in [1.165, 1.54) is 9.47 Å². The maximum Gasteiger partial charge on any atom is 0.330 e. The van der Waals surface area contributed by atoms with E-state index in [1.54, 1.807) is 11.3 Å². The summed E-state index contributed by atoms with van der Waals surface area (Å²) in [5, 5.41) is 5.40. The summed E-state index contributed by atoms with van der Waals surface area (Å²) in [5.41, 5.74) is 5.02. The fourth-order valence-electron chi connectivity index (χ4n) is 3.64. The lowest BCUT2D eigenvalue weighted by Crippen LogP contribution is -2.46. The molecule has 178 valence electrons. The quantitative estimate of drug-likeness (QED) is 0.500. The van der Waals surface area contributed by atoms with Gasteiger partial charge in [0.15, 0.2) is 5.69 Å². The zero-order valence-corrected chi connectivity index (χ0v) is 20.8. The SMILES string of the molecule is CCCCN(C(=O)CNC(c1cccs1)C(C)(C)C)c1c(N)n(CC(C)C)c(=O)[nH]c1=O. The Balaban J connectivity index is 2.39. The maximum atomic E-state index is 13.3. The third kappa shape index (κ3) is 6.32. The number of H-pyrrole nitrogens is 1. The average molecular weight is 464 g/mol. The standard InChI is InChI=1S/C23H37N5O3S/c1-7-8-11-27(18-20(24)28(14-15(2)3)22(31)26-21(18)30)17(29)13-25-19(23(4,5)6)16-10-9-12-32-16/h9-10,12,15,19,25H,7-8,11,13-14,24H2,1-6H3,(H,26,30,31). The predicted octanol–water partition coefficient (Wildman–Crippen LogP) is 3.35. The Morgan fingerprint density at radius 3 is 2.53 bits per heavy atom. The molecule has 9 heteroatoms. The van der Waals surface area contributed by atoms with Gasteiger partial charge in [0.2, 0.25) is 5.91 Å². The minimum atomic E-state index is -0.636. The molecule has 0 aliphatic carbocycles. The van der Waals surface area contributed by atoms with Gasteiger partial charge < -0.3 is 16.0 Å². The zero-order valence-electron chi connectivity index (χ0n) is 20.0. The lowest BCUT2D eigenvalue weighted by molar-refractivity contribution is -0.118. The number of nitrogens with one attached hydrogen (secondary N) is 2. The fraction of sp³-hybridized carbons (Fsp3) is 0.609. The molecule has 4 N–H and O–H groups in total. The zero-order chi connectivity index (χ0) is 24.1. The van der Waals surface area contributed by atoms with Crippen LogP contribution in [0.2, 0.25) is 0 Å². The number of thiophene rings is 1. The minimum absolute atomic E-state index is 0.0231. The highest BCUT2D eigenvalue weighted by Gasteiger charge is 2.29. The summed E-state index contributed by atoms with van der Waals surface area (Å²) < 4.78 is 1.34. The van der Waals surface area contributed by atoms with Crippen LogP contribution in [0.5, 0.6) is 0 Å². The van der Waals surface area contributed by atoms with Gasteiger partial charge in [0.05, 0.1) is 6.54 Å². The van der Waals surface area contributed by atoms with E-state index in [0.717, 1.165) is 11.3 Å². The summed E-state index contributed by atoms with van der Waals surface area (Å²) in [7, 11) is 0. The molecule has 8 nitrogen and oxygen atoms in total. The first-order valence-corrected chi connectivity index (χ1v) is 12.0. The molecule has 0 radical (unpaired) electrons. The molecule has 0 spiro atoms. The molecule has 2 aromatic rings. The van der Waals surface area contributed by atoms with Gasteiger partial charge >= 0.3 is 5.69 Å². The number of hydrogen-bond donors (Lipinski definition) is 3.